The van der Waals surface area contributed by atoms with Crippen molar-refractivity contribution in [2.45, 2.75) is 20.4 Å². The monoisotopic (exact) mass is 275 g/mol. The van der Waals surface area contributed by atoms with Crippen molar-refractivity contribution in [2.24, 2.45) is 0 Å². The second kappa shape index (κ2) is 5.73. The van der Waals surface area contributed by atoms with Crippen molar-refractivity contribution in [3.05, 3.63) is 40.9 Å². The molecule has 2 aromatic heterocycles. The molecule has 106 valence electrons. The first-order valence-electron chi connectivity index (χ1n) is 6.20. The minimum atomic E-state index is -0.111. The molecule has 0 atom stereocenters. The number of hydrogen-bond donors (Lipinski definition) is 0. The first-order valence-corrected chi connectivity index (χ1v) is 6.20. The summed E-state index contributed by atoms with van der Waals surface area (Å²) in [6.45, 7) is 4.15. The van der Waals surface area contributed by atoms with Crippen LogP contribution in [0.3, 0.4) is 0 Å². The Bertz CT molecular complexity index is 585. The number of carbonyl (C=O) groups is 1. The maximum atomic E-state index is 12.3. The van der Waals surface area contributed by atoms with Gasteiger partial charge >= 0.3 is 0 Å². The predicted octanol–water partition coefficient (Wildman–Crippen LogP) is 1.97. The molecule has 20 heavy (non-hydrogen) atoms. The zero-order valence-corrected chi connectivity index (χ0v) is 12.0. The molecule has 0 saturated carbocycles. The summed E-state index contributed by atoms with van der Waals surface area (Å²) in [6.07, 6.45) is 1.50. The predicted molar refractivity (Wildman–Crippen MR) is 72.6 cm³/mol. The highest BCUT2D eigenvalue weighted by Crippen LogP contribution is 2.16. The Morgan fingerprint density at radius 1 is 1.40 bits per heavy atom. The minimum Gasteiger partial charge on any atom is -0.481 e. The SMILES string of the molecule is COc1ccc(C(=O)N(C)Cc2c(C)noc2C)cn1. The molecule has 0 radical (unpaired) electrons. The number of pyridine rings is 1. The highest BCUT2D eigenvalue weighted by Gasteiger charge is 2.17. The number of aryl methyl sites for hydroxylation is 2. The lowest BCUT2D eigenvalue weighted by Gasteiger charge is -2.17. The quantitative estimate of drug-likeness (QED) is 0.853. The van der Waals surface area contributed by atoms with Gasteiger partial charge in [-0.25, -0.2) is 4.98 Å². The van der Waals surface area contributed by atoms with E-state index in [9.17, 15) is 4.79 Å². The van der Waals surface area contributed by atoms with E-state index in [0.29, 0.717) is 18.0 Å². The molecule has 1 amide bonds. The Labute approximate surface area is 117 Å². The summed E-state index contributed by atoms with van der Waals surface area (Å²) < 4.78 is 10.1. The van der Waals surface area contributed by atoms with E-state index >= 15 is 0 Å². The molecule has 6 heteroatoms. The average molecular weight is 275 g/mol. The second-order valence-electron chi connectivity index (χ2n) is 4.55. The molecule has 6 nitrogen and oxygen atoms in total. The number of methoxy groups -OCH3 is 1. The molecule has 2 aromatic rings. The van der Waals surface area contributed by atoms with Crippen LogP contribution in [0.2, 0.25) is 0 Å². The number of nitrogens with zero attached hydrogens (tertiary/aromatic N) is 3. The van der Waals surface area contributed by atoms with Crippen LogP contribution < -0.4 is 4.74 Å². The first-order chi connectivity index (χ1) is 9.52. The maximum absolute atomic E-state index is 12.3. The molecule has 0 unspecified atom stereocenters. The molecule has 0 fully saturated rings. The first kappa shape index (κ1) is 14.0. The van der Waals surface area contributed by atoms with E-state index in [0.717, 1.165) is 17.0 Å². The van der Waals surface area contributed by atoms with Crippen LogP contribution in [0.15, 0.2) is 22.9 Å². The van der Waals surface area contributed by atoms with Crippen LogP contribution in [0.4, 0.5) is 0 Å². The highest BCUT2D eigenvalue weighted by atomic mass is 16.5. The summed E-state index contributed by atoms with van der Waals surface area (Å²) >= 11 is 0. The van der Waals surface area contributed by atoms with E-state index in [1.807, 2.05) is 13.8 Å². The van der Waals surface area contributed by atoms with Crippen molar-refractivity contribution in [3.63, 3.8) is 0 Å². The molecular weight excluding hydrogens is 258 g/mol. The molecule has 0 aliphatic heterocycles. The van der Waals surface area contributed by atoms with Gasteiger partial charge in [0, 0.05) is 24.9 Å². The van der Waals surface area contributed by atoms with Crippen LogP contribution in [-0.4, -0.2) is 35.1 Å². The fourth-order valence-corrected chi connectivity index (χ4v) is 1.88. The lowest BCUT2D eigenvalue weighted by molar-refractivity contribution is 0.0784. The number of amides is 1. The number of hydrogen-bond acceptors (Lipinski definition) is 5. The van der Waals surface area contributed by atoms with Gasteiger partial charge < -0.3 is 14.2 Å². The van der Waals surface area contributed by atoms with Crippen LogP contribution in [0.1, 0.15) is 27.4 Å². The Morgan fingerprint density at radius 2 is 2.15 bits per heavy atom. The van der Waals surface area contributed by atoms with Gasteiger partial charge in [-0.15, -0.1) is 0 Å². The van der Waals surface area contributed by atoms with Gasteiger partial charge in [0.25, 0.3) is 5.91 Å². The standard InChI is InChI=1S/C14H17N3O3/c1-9-12(10(2)20-16-9)8-17(3)14(18)11-5-6-13(19-4)15-7-11/h5-7H,8H2,1-4H3. The fourth-order valence-electron chi connectivity index (χ4n) is 1.88. The van der Waals surface area contributed by atoms with E-state index in [1.54, 1.807) is 24.1 Å². The molecule has 0 saturated heterocycles. The molecule has 0 spiro atoms. The summed E-state index contributed by atoms with van der Waals surface area (Å²) in [6, 6.07) is 3.36. The number of rotatable bonds is 4. The third kappa shape index (κ3) is 2.79. The molecule has 0 aliphatic rings. The van der Waals surface area contributed by atoms with Crippen LogP contribution >= 0.6 is 0 Å². The smallest absolute Gasteiger partial charge is 0.255 e. The summed E-state index contributed by atoms with van der Waals surface area (Å²) in [5.74, 6) is 1.10. The number of aromatic nitrogens is 2. The van der Waals surface area contributed by atoms with Crippen molar-refractivity contribution >= 4 is 5.91 Å². The van der Waals surface area contributed by atoms with Crippen molar-refractivity contribution in [1.82, 2.24) is 15.0 Å². The van der Waals surface area contributed by atoms with Gasteiger partial charge in [-0.2, -0.15) is 0 Å². The topological polar surface area (TPSA) is 68.5 Å². The number of carbonyl (C=O) groups excluding carboxylic acids is 1. The van der Waals surface area contributed by atoms with Crippen molar-refractivity contribution in [3.8, 4) is 5.88 Å². The molecule has 2 heterocycles. The second-order valence-corrected chi connectivity index (χ2v) is 4.55. The largest absolute Gasteiger partial charge is 0.481 e. The van der Waals surface area contributed by atoms with Gasteiger partial charge in [0.15, 0.2) is 0 Å². The van der Waals surface area contributed by atoms with Crippen LogP contribution in [0, 0.1) is 13.8 Å². The van der Waals surface area contributed by atoms with Crippen molar-refractivity contribution < 1.29 is 14.1 Å². The molecule has 0 aliphatic carbocycles. The van der Waals surface area contributed by atoms with Crippen LogP contribution in [0.5, 0.6) is 5.88 Å². The molecule has 0 N–H and O–H groups in total. The van der Waals surface area contributed by atoms with Crippen molar-refractivity contribution in [2.75, 3.05) is 14.2 Å². The molecular formula is C14H17N3O3. The number of ether oxygens (including phenoxy) is 1. The van der Waals surface area contributed by atoms with Gasteiger partial charge in [0.1, 0.15) is 5.76 Å². The Hall–Kier alpha value is -2.37. The third-order valence-corrected chi connectivity index (χ3v) is 3.12. The zero-order valence-electron chi connectivity index (χ0n) is 12.0. The van der Waals surface area contributed by atoms with E-state index in [2.05, 4.69) is 10.1 Å². The van der Waals surface area contributed by atoms with Gasteiger partial charge in [-0.3, -0.25) is 4.79 Å². The Kier molecular flexibility index (Phi) is 4.02. The molecule has 0 aromatic carbocycles. The summed E-state index contributed by atoms with van der Waals surface area (Å²) in [4.78, 5) is 17.9. The minimum absolute atomic E-state index is 0.111. The highest BCUT2D eigenvalue weighted by molar-refractivity contribution is 5.93. The van der Waals surface area contributed by atoms with E-state index in [4.69, 9.17) is 9.26 Å². The Morgan fingerprint density at radius 3 is 2.65 bits per heavy atom. The average Bonchev–Trinajstić information content (AvgIpc) is 2.78. The maximum Gasteiger partial charge on any atom is 0.255 e. The van der Waals surface area contributed by atoms with E-state index in [-0.39, 0.29) is 5.91 Å². The van der Waals surface area contributed by atoms with E-state index in [1.165, 1.54) is 13.3 Å². The molecule has 2 rings (SSSR count). The summed E-state index contributed by atoms with van der Waals surface area (Å²) in [5, 5.41) is 3.88. The summed E-state index contributed by atoms with van der Waals surface area (Å²) in [7, 11) is 3.27. The third-order valence-electron chi connectivity index (χ3n) is 3.12. The van der Waals surface area contributed by atoms with E-state index < -0.39 is 0 Å². The zero-order chi connectivity index (χ0) is 14.7. The Balaban J connectivity index is 2.12. The van der Waals surface area contributed by atoms with Crippen LogP contribution in [-0.2, 0) is 6.54 Å². The normalized spacial score (nSPS) is 10.4. The summed E-state index contributed by atoms with van der Waals surface area (Å²) in [5.41, 5.74) is 2.25. The van der Waals surface area contributed by atoms with Gasteiger partial charge in [-0.1, -0.05) is 5.16 Å². The fraction of sp³-hybridized carbons (Fsp3) is 0.357. The van der Waals surface area contributed by atoms with Gasteiger partial charge in [0.05, 0.1) is 24.9 Å². The lowest BCUT2D eigenvalue weighted by Crippen LogP contribution is -2.26. The van der Waals surface area contributed by atoms with Crippen molar-refractivity contribution in [1.29, 1.82) is 0 Å². The van der Waals surface area contributed by atoms with Gasteiger partial charge in [-0.05, 0) is 19.9 Å². The van der Waals surface area contributed by atoms with Gasteiger partial charge in [0.2, 0.25) is 5.88 Å². The molecule has 0 bridgehead atoms. The lowest BCUT2D eigenvalue weighted by atomic mass is 10.2. The van der Waals surface area contributed by atoms with Crippen LogP contribution in [0.25, 0.3) is 0 Å².